The summed E-state index contributed by atoms with van der Waals surface area (Å²) in [4.78, 5) is 11.3. The van der Waals surface area contributed by atoms with Crippen LogP contribution in [0.5, 0.6) is 17.2 Å². The molecule has 81 valence electrons. The number of carbonyl (C=O) groups is 1. The monoisotopic (exact) mass is 211 g/mol. The Morgan fingerprint density at radius 2 is 1.80 bits per heavy atom. The standard InChI is InChI=1S/C10H11O5/c1-13-7-5-4-6(11)8(9(7)14-2)10(12)15-3/h4-5H,1-3H3. The second-order valence-electron chi connectivity index (χ2n) is 2.67. The lowest BCUT2D eigenvalue weighted by molar-refractivity contribution is 0.0590. The fraction of sp³-hybridized carbons (Fsp3) is 0.300. The van der Waals surface area contributed by atoms with Crippen LogP contribution in [0.2, 0.25) is 0 Å². The van der Waals surface area contributed by atoms with Gasteiger partial charge in [-0.2, -0.15) is 0 Å². The molecule has 0 atom stereocenters. The molecule has 0 unspecified atom stereocenters. The molecule has 1 aromatic carbocycles. The second-order valence-corrected chi connectivity index (χ2v) is 2.67. The van der Waals surface area contributed by atoms with Gasteiger partial charge >= 0.3 is 5.97 Å². The smallest absolute Gasteiger partial charge is 0.345 e. The number of ether oxygens (including phenoxy) is 3. The number of hydrogen-bond acceptors (Lipinski definition) is 4. The Morgan fingerprint density at radius 1 is 1.13 bits per heavy atom. The molecule has 5 heteroatoms. The number of rotatable bonds is 3. The second kappa shape index (κ2) is 4.54. The highest BCUT2D eigenvalue weighted by Gasteiger charge is 2.22. The van der Waals surface area contributed by atoms with Gasteiger partial charge in [-0.1, -0.05) is 0 Å². The van der Waals surface area contributed by atoms with Gasteiger partial charge < -0.3 is 14.2 Å². The van der Waals surface area contributed by atoms with Crippen molar-refractivity contribution in [3.63, 3.8) is 0 Å². The highest BCUT2D eigenvalue weighted by atomic mass is 16.5. The van der Waals surface area contributed by atoms with Gasteiger partial charge in [0.2, 0.25) is 0 Å². The molecule has 1 aromatic rings. The Morgan fingerprint density at radius 3 is 2.27 bits per heavy atom. The zero-order valence-electron chi connectivity index (χ0n) is 8.70. The van der Waals surface area contributed by atoms with Gasteiger partial charge in [-0.05, 0) is 12.1 Å². The van der Waals surface area contributed by atoms with Crippen LogP contribution >= 0.6 is 0 Å². The van der Waals surface area contributed by atoms with Crippen molar-refractivity contribution in [1.82, 2.24) is 0 Å². The average molecular weight is 211 g/mol. The van der Waals surface area contributed by atoms with Crippen molar-refractivity contribution >= 4 is 5.97 Å². The molecule has 0 spiro atoms. The third-order valence-corrected chi connectivity index (χ3v) is 1.90. The maximum absolute atomic E-state index is 11.4. The normalized spacial score (nSPS) is 9.53. The summed E-state index contributed by atoms with van der Waals surface area (Å²) in [6.07, 6.45) is 0. The summed E-state index contributed by atoms with van der Waals surface area (Å²) < 4.78 is 14.4. The third-order valence-electron chi connectivity index (χ3n) is 1.90. The van der Waals surface area contributed by atoms with Gasteiger partial charge in [0.25, 0.3) is 0 Å². The fourth-order valence-electron chi connectivity index (χ4n) is 1.20. The molecular weight excluding hydrogens is 200 g/mol. The molecule has 0 heterocycles. The Hall–Kier alpha value is -1.91. The molecule has 1 rings (SSSR count). The summed E-state index contributed by atoms with van der Waals surface area (Å²) in [5, 5.41) is 11.4. The van der Waals surface area contributed by atoms with Gasteiger partial charge in [-0.25, -0.2) is 4.79 Å². The number of benzene rings is 1. The van der Waals surface area contributed by atoms with E-state index in [0.29, 0.717) is 5.75 Å². The number of esters is 1. The maximum atomic E-state index is 11.4. The molecule has 0 fully saturated rings. The molecule has 0 aliphatic rings. The van der Waals surface area contributed by atoms with Gasteiger partial charge in [-0.15, -0.1) is 0 Å². The zero-order chi connectivity index (χ0) is 11.4. The van der Waals surface area contributed by atoms with Gasteiger partial charge in [0.1, 0.15) is 0 Å². The molecule has 5 nitrogen and oxygen atoms in total. The number of carbonyl (C=O) groups excluding carboxylic acids is 1. The molecule has 0 aliphatic heterocycles. The topological polar surface area (TPSA) is 64.7 Å². The van der Waals surface area contributed by atoms with E-state index in [9.17, 15) is 9.90 Å². The summed E-state index contributed by atoms with van der Waals surface area (Å²) in [6, 6.07) is 2.67. The Labute approximate surface area is 87.2 Å². The Kier molecular flexibility index (Phi) is 3.38. The van der Waals surface area contributed by atoms with E-state index in [1.54, 1.807) is 0 Å². The van der Waals surface area contributed by atoms with E-state index in [1.807, 2.05) is 0 Å². The first-order chi connectivity index (χ1) is 7.15. The maximum Gasteiger partial charge on any atom is 0.345 e. The van der Waals surface area contributed by atoms with Crippen LogP contribution in [-0.2, 0) is 9.84 Å². The summed E-state index contributed by atoms with van der Waals surface area (Å²) in [7, 11) is 3.97. The largest absolute Gasteiger partial charge is 0.493 e. The minimum absolute atomic E-state index is 0.0943. The minimum Gasteiger partial charge on any atom is -0.493 e. The molecule has 0 N–H and O–H groups in total. The SMILES string of the molecule is COC(=O)c1c([O])ccc(OC)c1OC. The highest BCUT2D eigenvalue weighted by molar-refractivity contribution is 5.96. The molecule has 0 saturated carbocycles. The molecule has 0 bridgehead atoms. The predicted molar refractivity (Wildman–Crippen MR) is 51.0 cm³/mol. The van der Waals surface area contributed by atoms with Crippen molar-refractivity contribution in [1.29, 1.82) is 0 Å². The predicted octanol–water partition coefficient (Wildman–Crippen LogP) is 1.63. The molecule has 1 radical (unpaired) electrons. The lowest BCUT2D eigenvalue weighted by atomic mass is 10.1. The molecule has 0 amide bonds. The van der Waals surface area contributed by atoms with Crippen LogP contribution in [-0.4, -0.2) is 27.3 Å². The van der Waals surface area contributed by atoms with E-state index in [1.165, 1.54) is 33.5 Å². The van der Waals surface area contributed by atoms with Crippen molar-refractivity contribution in [2.45, 2.75) is 0 Å². The summed E-state index contributed by atoms with van der Waals surface area (Å²) in [5.41, 5.74) is -0.153. The van der Waals surface area contributed by atoms with Crippen LogP contribution in [0.4, 0.5) is 0 Å². The summed E-state index contributed by atoms with van der Waals surface area (Å²) >= 11 is 0. The average Bonchev–Trinajstić information content (AvgIpc) is 2.27. The van der Waals surface area contributed by atoms with Crippen LogP contribution in [0.1, 0.15) is 10.4 Å². The van der Waals surface area contributed by atoms with Crippen LogP contribution in [0, 0.1) is 0 Å². The van der Waals surface area contributed by atoms with Gasteiger partial charge in [-0.3, -0.25) is 5.11 Å². The quantitative estimate of drug-likeness (QED) is 0.713. The molecule has 0 saturated heterocycles. The van der Waals surface area contributed by atoms with E-state index in [0.717, 1.165) is 0 Å². The highest BCUT2D eigenvalue weighted by Crippen LogP contribution is 2.37. The van der Waals surface area contributed by atoms with Crippen molar-refractivity contribution in [2.24, 2.45) is 0 Å². The van der Waals surface area contributed by atoms with Gasteiger partial charge in [0.05, 0.1) is 21.3 Å². The Bertz CT molecular complexity index is 372. The van der Waals surface area contributed by atoms with Crippen LogP contribution in [0.15, 0.2) is 12.1 Å². The first kappa shape index (κ1) is 11.2. The van der Waals surface area contributed by atoms with Crippen molar-refractivity contribution in [2.75, 3.05) is 21.3 Å². The fourth-order valence-corrected chi connectivity index (χ4v) is 1.20. The van der Waals surface area contributed by atoms with Crippen LogP contribution in [0.25, 0.3) is 0 Å². The number of hydrogen-bond donors (Lipinski definition) is 0. The van der Waals surface area contributed by atoms with Crippen LogP contribution in [0.3, 0.4) is 0 Å². The third kappa shape index (κ3) is 1.96. The molecule has 0 aromatic heterocycles. The van der Waals surface area contributed by atoms with Crippen molar-refractivity contribution < 1.29 is 24.1 Å². The van der Waals surface area contributed by atoms with E-state index >= 15 is 0 Å². The zero-order valence-corrected chi connectivity index (χ0v) is 8.70. The lowest BCUT2D eigenvalue weighted by Gasteiger charge is -2.11. The lowest BCUT2D eigenvalue weighted by Crippen LogP contribution is -2.05. The molecule has 15 heavy (non-hydrogen) atoms. The van der Waals surface area contributed by atoms with Crippen molar-refractivity contribution in [3.8, 4) is 17.2 Å². The summed E-state index contributed by atoms with van der Waals surface area (Å²) in [5.74, 6) is -0.787. The van der Waals surface area contributed by atoms with Crippen LogP contribution < -0.4 is 9.47 Å². The minimum atomic E-state index is -0.740. The molecule has 0 aliphatic carbocycles. The summed E-state index contributed by atoms with van der Waals surface area (Å²) in [6.45, 7) is 0. The Balaban J connectivity index is 3.38. The van der Waals surface area contributed by atoms with Gasteiger partial charge in [0.15, 0.2) is 22.8 Å². The van der Waals surface area contributed by atoms with E-state index in [2.05, 4.69) is 4.74 Å². The first-order valence-electron chi connectivity index (χ1n) is 4.16. The first-order valence-corrected chi connectivity index (χ1v) is 4.16. The number of methoxy groups -OCH3 is 3. The van der Waals surface area contributed by atoms with Crippen molar-refractivity contribution in [3.05, 3.63) is 17.7 Å². The van der Waals surface area contributed by atoms with E-state index in [-0.39, 0.29) is 11.3 Å². The molecular formula is C10H11O5. The van der Waals surface area contributed by atoms with E-state index < -0.39 is 11.7 Å². The van der Waals surface area contributed by atoms with Gasteiger partial charge in [0, 0.05) is 0 Å². The van der Waals surface area contributed by atoms with E-state index in [4.69, 9.17) is 9.47 Å².